The van der Waals surface area contributed by atoms with E-state index in [4.69, 9.17) is 5.73 Å². The van der Waals surface area contributed by atoms with Gasteiger partial charge in [-0.3, -0.25) is 0 Å². The molecular weight excluding hydrogens is 257 g/mol. The molecular formula is C14H14FN5. The number of benzene rings is 1. The Labute approximate surface area is 115 Å². The smallest absolute Gasteiger partial charge is 0.168 e. The van der Waals surface area contributed by atoms with Crippen LogP contribution in [0.15, 0.2) is 24.3 Å². The number of nitrogens with zero attached hydrogens (tertiary/aromatic N) is 3. The summed E-state index contributed by atoms with van der Waals surface area (Å²) in [4.78, 5) is 0. The van der Waals surface area contributed by atoms with Crippen molar-refractivity contribution in [1.82, 2.24) is 9.78 Å². The van der Waals surface area contributed by atoms with E-state index in [1.54, 1.807) is 18.2 Å². The Morgan fingerprint density at radius 3 is 2.85 bits per heavy atom. The molecule has 1 saturated carbocycles. The van der Waals surface area contributed by atoms with Crippen LogP contribution in [0.5, 0.6) is 0 Å². The average Bonchev–Trinajstić information content (AvgIpc) is 3.22. The average molecular weight is 271 g/mol. The molecule has 6 heteroatoms. The van der Waals surface area contributed by atoms with Gasteiger partial charge in [-0.05, 0) is 30.9 Å². The largest absolute Gasteiger partial charge is 0.382 e. The van der Waals surface area contributed by atoms with Crippen molar-refractivity contribution in [3.8, 4) is 11.8 Å². The van der Waals surface area contributed by atoms with E-state index in [0.29, 0.717) is 11.7 Å². The van der Waals surface area contributed by atoms with Crippen molar-refractivity contribution in [3.63, 3.8) is 0 Å². The second-order valence-electron chi connectivity index (χ2n) is 4.91. The van der Waals surface area contributed by atoms with E-state index in [2.05, 4.69) is 10.4 Å². The topological polar surface area (TPSA) is 79.7 Å². The van der Waals surface area contributed by atoms with Crippen LogP contribution in [-0.4, -0.2) is 16.3 Å². The van der Waals surface area contributed by atoms with Gasteiger partial charge in [0, 0.05) is 6.54 Å². The second-order valence-corrected chi connectivity index (χ2v) is 4.91. The maximum atomic E-state index is 13.8. The number of hydrogen-bond donors (Lipinski definition) is 2. The molecule has 0 radical (unpaired) electrons. The van der Waals surface area contributed by atoms with Crippen molar-refractivity contribution in [2.45, 2.75) is 12.8 Å². The van der Waals surface area contributed by atoms with Crippen LogP contribution >= 0.6 is 0 Å². The third kappa shape index (κ3) is 2.18. The zero-order chi connectivity index (χ0) is 14.1. The number of aromatic nitrogens is 2. The quantitative estimate of drug-likeness (QED) is 0.894. The third-order valence-electron chi connectivity index (χ3n) is 3.37. The minimum Gasteiger partial charge on any atom is -0.382 e. The molecule has 1 aliphatic carbocycles. The Morgan fingerprint density at radius 1 is 1.45 bits per heavy atom. The van der Waals surface area contributed by atoms with Gasteiger partial charge in [-0.1, -0.05) is 12.1 Å². The molecule has 0 aliphatic heterocycles. The molecule has 102 valence electrons. The van der Waals surface area contributed by atoms with Gasteiger partial charge in [0.2, 0.25) is 0 Å². The van der Waals surface area contributed by atoms with Crippen LogP contribution in [0, 0.1) is 23.1 Å². The lowest BCUT2D eigenvalue weighted by atomic mass is 10.3. The molecule has 0 saturated heterocycles. The van der Waals surface area contributed by atoms with Crippen LogP contribution in [0.1, 0.15) is 18.4 Å². The highest BCUT2D eigenvalue weighted by atomic mass is 19.1. The second kappa shape index (κ2) is 4.85. The van der Waals surface area contributed by atoms with Crippen molar-refractivity contribution in [2.24, 2.45) is 5.92 Å². The third-order valence-corrected chi connectivity index (χ3v) is 3.37. The number of nitrogens with two attached hydrogens (primary N) is 1. The van der Waals surface area contributed by atoms with E-state index in [-0.39, 0.29) is 17.1 Å². The first kappa shape index (κ1) is 12.5. The predicted octanol–water partition coefficient (Wildman–Crippen LogP) is 2.29. The maximum absolute atomic E-state index is 13.8. The van der Waals surface area contributed by atoms with Crippen molar-refractivity contribution >= 4 is 11.6 Å². The van der Waals surface area contributed by atoms with Crippen molar-refractivity contribution in [1.29, 1.82) is 5.26 Å². The van der Waals surface area contributed by atoms with Gasteiger partial charge in [-0.2, -0.15) is 5.26 Å². The molecule has 1 aromatic heterocycles. The SMILES string of the molecule is N#Cc1c(NCC2CC2)nn(-c2ccccc2F)c1N. The first-order chi connectivity index (χ1) is 9.70. The number of anilines is 2. The summed E-state index contributed by atoms with van der Waals surface area (Å²) in [5.74, 6) is 0.775. The summed E-state index contributed by atoms with van der Waals surface area (Å²) in [6.07, 6.45) is 2.39. The fourth-order valence-corrected chi connectivity index (χ4v) is 2.04. The molecule has 3 rings (SSSR count). The molecule has 3 N–H and O–H groups in total. The number of para-hydroxylation sites is 1. The first-order valence-electron chi connectivity index (χ1n) is 6.48. The number of halogens is 1. The molecule has 1 aromatic carbocycles. The van der Waals surface area contributed by atoms with Gasteiger partial charge in [0.1, 0.15) is 29.0 Å². The van der Waals surface area contributed by atoms with Crippen LogP contribution in [0.25, 0.3) is 5.69 Å². The van der Waals surface area contributed by atoms with Gasteiger partial charge in [0.25, 0.3) is 0 Å². The number of rotatable bonds is 4. The Bertz CT molecular complexity index is 681. The van der Waals surface area contributed by atoms with E-state index < -0.39 is 5.82 Å². The minimum absolute atomic E-state index is 0.149. The number of nitriles is 1. The molecule has 0 atom stereocenters. The Balaban J connectivity index is 1.99. The van der Waals surface area contributed by atoms with Crippen LogP contribution in [0.3, 0.4) is 0 Å². The van der Waals surface area contributed by atoms with Crippen LogP contribution < -0.4 is 11.1 Å². The van der Waals surface area contributed by atoms with Gasteiger partial charge in [0.05, 0.1) is 0 Å². The highest BCUT2D eigenvalue weighted by Crippen LogP contribution is 2.30. The Hall–Kier alpha value is -2.55. The number of nitrogen functional groups attached to an aromatic ring is 1. The summed E-state index contributed by atoms with van der Waals surface area (Å²) in [6.45, 7) is 0.766. The van der Waals surface area contributed by atoms with E-state index in [0.717, 1.165) is 6.54 Å². The zero-order valence-electron chi connectivity index (χ0n) is 10.8. The van der Waals surface area contributed by atoms with E-state index in [9.17, 15) is 9.65 Å². The lowest BCUT2D eigenvalue weighted by Crippen LogP contribution is -2.06. The summed E-state index contributed by atoms with van der Waals surface area (Å²) in [7, 11) is 0. The first-order valence-corrected chi connectivity index (χ1v) is 6.48. The minimum atomic E-state index is -0.431. The molecule has 1 fully saturated rings. The van der Waals surface area contributed by atoms with Gasteiger partial charge in [-0.25, -0.2) is 9.07 Å². The summed E-state index contributed by atoms with van der Waals surface area (Å²) in [5.41, 5.74) is 6.40. The zero-order valence-corrected chi connectivity index (χ0v) is 10.8. The highest BCUT2D eigenvalue weighted by Gasteiger charge is 2.23. The van der Waals surface area contributed by atoms with Gasteiger partial charge in [0.15, 0.2) is 5.82 Å². The number of hydrogen-bond acceptors (Lipinski definition) is 4. The molecule has 0 unspecified atom stereocenters. The molecule has 0 spiro atoms. The summed E-state index contributed by atoms with van der Waals surface area (Å²) < 4.78 is 15.1. The maximum Gasteiger partial charge on any atom is 0.168 e. The number of nitrogens with one attached hydrogen (secondary N) is 1. The fourth-order valence-electron chi connectivity index (χ4n) is 2.04. The molecule has 0 amide bonds. The lowest BCUT2D eigenvalue weighted by Gasteiger charge is -2.04. The van der Waals surface area contributed by atoms with Crippen molar-refractivity contribution in [2.75, 3.05) is 17.6 Å². The molecule has 1 aliphatic rings. The van der Waals surface area contributed by atoms with E-state index >= 15 is 0 Å². The van der Waals surface area contributed by atoms with Crippen LogP contribution in [-0.2, 0) is 0 Å². The standard InChI is InChI=1S/C14H14FN5/c15-11-3-1-2-4-12(11)20-13(17)10(7-16)14(19-20)18-8-9-5-6-9/h1-4,9H,5-6,8,17H2,(H,18,19). The monoisotopic (exact) mass is 271 g/mol. The normalized spacial score (nSPS) is 14.0. The highest BCUT2D eigenvalue weighted by molar-refractivity contribution is 5.66. The van der Waals surface area contributed by atoms with Gasteiger partial charge < -0.3 is 11.1 Å². The lowest BCUT2D eigenvalue weighted by molar-refractivity contribution is 0.612. The molecule has 0 bridgehead atoms. The predicted molar refractivity (Wildman–Crippen MR) is 73.9 cm³/mol. The van der Waals surface area contributed by atoms with Gasteiger partial charge >= 0.3 is 0 Å². The summed E-state index contributed by atoms with van der Waals surface area (Å²) in [5, 5.41) is 16.5. The molecule has 1 heterocycles. The molecule has 2 aromatic rings. The van der Waals surface area contributed by atoms with Crippen LogP contribution in [0.4, 0.5) is 16.0 Å². The van der Waals surface area contributed by atoms with Crippen molar-refractivity contribution < 1.29 is 4.39 Å². The molecule has 5 nitrogen and oxygen atoms in total. The fraction of sp³-hybridized carbons (Fsp3) is 0.286. The molecule has 20 heavy (non-hydrogen) atoms. The van der Waals surface area contributed by atoms with Gasteiger partial charge in [-0.15, -0.1) is 5.10 Å². The Morgan fingerprint density at radius 2 is 2.20 bits per heavy atom. The summed E-state index contributed by atoms with van der Waals surface area (Å²) in [6, 6.07) is 8.22. The van der Waals surface area contributed by atoms with Crippen LogP contribution in [0.2, 0.25) is 0 Å². The van der Waals surface area contributed by atoms with E-state index in [1.807, 2.05) is 6.07 Å². The van der Waals surface area contributed by atoms with Crippen molar-refractivity contribution in [3.05, 3.63) is 35.6 Å². The Kier molecular flexibility index (Phi) is 3.03. The van der Waals surface area contributed by atoms with E-state index in [1.165, 1.54) is 23.6 Å². The summed E-state index contributed by atoms with van der Waals surface area (Å²) >= 11 is 0.